The third-order valence-corrected chi connectivity index (χ3v) is 3.72. The fourth-order valence-corrected chi connectivity index (χ4v) is 2.49. The van der Waals surface area contributed by atoms with E-state index in [-0.39, 0.29) is 11.5 Å². The Labute approximate surface area is 126 Å². The van der Waals surface area contributed by atoms with E-state index in [2.05, 4.69) is 0 Å². The van der Waals surface area contributed by atoms with E-state index in [0.29, 0.717) is 12.2 Å². The first-order valence-corrected chi connectivity index (χ1v) is 7.20. The van der Waals surface area contributed by atoms with E-state index in [0.717, 1.165) is 9.79 Å². The Kier molecular flexibility index (Phi) is 5.00. The third kappa shape index (κ3) is 4.10. The molecule has 4 nitrogen and oxygen atoms in total. The standard InChI is InChI=1S/C16H14O4S/c1-2-20-16(19)12-5-9-14(10-6-12)21-13-7-3-11(4-8-13)15(17)18/h3-10H,2H2,1H3,(H,17,18). The topological polar surface area (TPSA) is 63.6 Å². The van der Waals surface area contributed by atoms with E-state index >= 15 is 0 Å². The monoisotopic (exact) mass is 302 g/mol. The molecule has 0 aliphatic rings. The Bertz CT molecular complexity index is 632. The van der Waals surface area contributed by atoms with E-state index < -0.39 is 5.97 Å². The van der Waals surface area contributed by atoms with Crippen LogP contribution in [0.15, 0.2) is 58.3 Å². The number of carbonyl (C=O) groups excluding carboxylic acids is 1. The van der Waals surface area contributed by atoms with Crippen molar-refractivity contribution < 1.29 is 19.4 Å². The van der Waals surface area contributed by atoms with E-state index in [9.17, 15) is 9.59 Å². The number of hydrogen-bond donors (Lipinski definition) is 1. The molecule has 0 saturated heterocycles. The number of carbonyl (C=O) groups is 2. The molecule has 0 spiro atoms. The summed E-state index contributed by atoms with van der Waals surface area (Å²) in [5.74, 6) is -1.27. The molecule has 2 aromatic carbocycles. The van der Waals surface area contributed by atoms with Crippen LogP contribution in [0.4, 0.5) is 0 Å². The van der Waals surface area contributed by atoms with Crippen LogP contribution in [0.1, 0.15) is 27.6 Å². The van der Waals surface area contributed by atoms with Crippen molar-refractivity contribution >= 4 is 23.7 Å². The lowest BCUT2D eigenvalue weighted by Crippen LogP contribution is -2.03. The molecule has 0 aliphatic carbocycles. The molecule has 0 fully saturated rings. The molecule has 1 N–H and O–H groups in total. The predicted octanol–water partition coefficient (Wildman–Crippen LogP) is 3.71. The highest BCUT2D eigenvalue weighted by molar-refractivity contribution is 7.99. The second kappa shape index (κ2) is 6.95. The van der Waals surface area contributed by atoms with Crippen LogP contribution in [-0.4, -0.2) is 23.7 Å². The highest BCUT2D eigenvalue weighted by Crippen LogP contribution is 2.28. The van der Waals surface area contributed by atoms with Crippen molar-refractivity contribution in [2.24, 2.45) is 0 Å². The Morgan fingerprint density at radius 1 is 0.952 bits per heavy atom. The van der Waals surface area contributed by atoms with Gasteiger partial charge in [-0.3, -0.25) is 0 Å². The van der Waals surface area contributed by atoms with Gasteiger partial charge in [0.25, 0.3) is 0 Å². The summed E-state index contributed by atoms with van der Waals surface area (Å²) in [6.07, 6.45) is 0. The minimum absolute atomic E-state index is 0.261. The molecule has 0 heterocycles. The maximum Gasteiger partial charge on any atom is 0.338 e. The molecule has 0 radical (unpaired) electrons. The second-order valence-electron chi connectivity index (χ2n) is 4.18. The van der Waals surface area contributed by atoms with E-state index in [1.54, 1.807) is 43.3 Å². The van der Waals surface area contributed by atoms with E-state index in [1.165, 1.54) is 11.8 Å². The minimum Gasteiger partial charge on any atom is -0.478 e. The summed E-state index contributed by atoms with van der Waals surface area (Å²) in [6, 6.07) is 13.7. The first-order valence-electron chi connectivity index (χ1n) is 6.38. The van der Waals surface area contributed by atoms with Gasteiger partial charge in [-0.25, -0.2) is 9.59 Å². The normalized spacial score (nSPS) is 10.1. The molecule has 2 rings (SSSR count). The average molecular weight is 302 g/mol. The van der Waals surface area contributed by atoms with Crippen LogP contribution >= 0.6 is 11.8 Å². The molecule has 2 aromatic rings. The number of ether oxygens (including phenoxy) is 1. The molecule has 0 saturated carbocycles. The second-order valence-corrected chi connectivity index (χ2v) is 5.32. The first-order chi connectivity index (χ1) is 10.1. The lowest BCUT2D eigenvalue weighted by Gasteiger charge is -2.04. The highest BCUT2D eigenvalue weighted by Gasteiger charge is 2.07. The number of aromatic carboxylic acids is 1. The summed E-state index contributed by atoms with van der Waals surface area (Å²) in [5, 5.41) is 8.84. The van der Waals surface area contributed by atoms with Crippen molar-refractivity contribution in [3.05, 3.63) is 59.7 Å². The van der Waals surface area contributed by atoms with Crippen LogP contribution in [0, 0.1) is 0 Å². The summed E-state index contributed by atoms with van der Waals surface area (Å²) < 4.78 is 4.92. The molecule has 0 unspecified atom stereocenters. The van der Waals surface area contributed by atoms with Gasteiger partial charge in [-0.05, 0) is 55.5 Å². The van der Waals surface area contributed by atoms with Gasteiger partial charge in [0, 0.05) is 9.79 Å². The van der Waals surface area contributed by atoms with Gasteiger partial charge in [0.15, 0.2) is 0 Å². The van der Waals surface area contributed by atoms with Gasteiger partial charge in [0.1, 0.15) is 0 Å². The SMILES string of the molecule is CCOC(=O)c1ccc(Sc2ccc(C(=O)O)cc2)cc1. The van der Waals surface area contributed by atoms with Gasteiger partial charge >= 0.3 is 11.9 Å². The molecule has 21 heavy (non-hydrogen) atoms. The molecule has 0 amide bonds. The lowest BCUT2D eigenvalue weighted by molar-refractivity contribution is 0.0525. The van der Waals surface area contributed by atoms with Crippen molar-refractivity contribution in [3.63, 3.8) is 0 Å². The van der Waals surface area contributed by atoms with Crippen molar-refractivity contribution in [1.82, 2.24) is 0 Å². The Morgan fingerprint density at radius 3 is 1.86 bits per heavy atom. The van der Waals surface area contributed by atoms with Gasteiger partial charge in [-0.15, -0.1) is 0 Å². The van der Waals surface area contributed by atoms with Gasteiger partial charge in [0.2, 0.25) is 0 Å². The van der Waals surface area contributed by atoms with Gasteiger partial charge in [-0.1, -0.05) is 11.8 Å². The van der Waals surface area contributed by atoms with Gasteiger partial charge in [0.05, 0.1) is 17.7 Å². The zero-order valence-electron chi connectivity index (χ0n) is 11.4. The number of benzene rings is 2. The maximum absolute atomic E-state index is 11.5. The van der Waals surface area contributed by atoms with Gasteiger partial charge in [-0.2, -0.15) is 0 Å². The van der Waals surface area contributed by atoms with Crippen molar-refractivity contribution in [2.45, 2.75) is 16.7 Å². The molecule has 0 aromatic heterocycles. The van der Waals surface area contributed by atoms with Crippen LogP contribution in [-0.2, 0) is 4.74 Å². The summed E-state index contributed by atoms with van der Waals surface area (Å²) in [5.41, 5.74) is 0.777. The highest BCUT2D eigenvalue weighted by atomic mass is 32.2. The quantitative estimate of drug-likeness (QED) is 0.853. The van der Waals surface area contributed by atoms with Crippen LogP contribution in [0.2, 0.25) is 0 Å². The number of carboxylic acid groups (broad SMARTS) is 1. The van der Waals surface area contributed by atoms with Gasteiger partial charge < -0.3 is 9.84 Å². The van der Waals surface area contributed by atoms with Crippen LogP contribution in [0.5, 0.6) is 0 Å². The maximum atomic E-state index is 11.5. The summed E-state index contributed by atoms with van der Waals surface area (Å²) in [4.78, 5) is 24.2. The summed E-state index contributed by atoms with van der Waals surface area (Å²) in [7, 11) is 0. The molecular formula is C16H14O4S. The van der Waals surface area contributed by atoms with Crippen molar-refractivity contribution in [2.75, 3.05) is 6.61 Å². The summed E-state index contributed by atoms with van der Waals surface area (Å²) in [6.45, 7) is 2.12. The number of rotatable bonds is 5. The Morgan fingerprint density at radius 2 is 1.43 bits per heavy atom. The van der Waals surface area contributed by atoms with Crippen molar-refractivity contribution in [3.8, 4) is 0 Å². The fourth-order valence-electron chi connectivity index (χ4n) is 1.68. The number of hydrogen-bond acceptors (Lipinski definition) is 4. The minimum atomic E-state index is -0.940. The summed E-state index contributed by atoms with van der Waals surface area (Å²) >= 11 is 1.50. The Hall–Kier alpha value is -2.27. The molecule has 0 atom stereocenters. The molecule has 5 heteroatoms. The first kappa shape index (κ1) is 15.1. The predicted molar refractivity (Wildman–Crippen MR) is 79.9 cm³/mol. The molecule has 0 aliphatic heterocycles. The van der Waals surface area contributed by atoms with Crippen LogP contribution < -0.4 is 0 Å². The third-order valence-electron chi connectivity index (χ3n) is 2.70. The number of carboxylic acids is 1. The zero-order valence-corrected chi connectivity index (χ0v) is 12.2. The van der Waals surface area contributed by atoms with E-state index in [4.69, 9.17) is 9.84 Å². The molecular weight excluding hydrogens is 288 g/mol. The zero-order chi connectivity index (χ0) is 15.2. The molecule has 108 valence electrons. The van der Waals surface area contributed by atoms with E-state index in [1.807, 2.05) is 12.1 Å². The molecule has 0 bridgehead atoms. The number of esters is 1. The Balaban J connectivity index is 2.06. The van der Waals surface area contributed by atoms with Crippen LogP contribution in [0.25, 0.3) is 0 Å². The lowest BCUT2D eigenvalue weighted by atomic mass is 10.2. The average Bonchev–Trinajstić information content (AvgIpc) is 2.49. The fraction of sp³-hybridized carbons (Fsp3) is 0.125. The largest absolute Gasteiger partial charge is 0.478 e. The van der Waals surface area contributed by atoms with Crippen molar-refractivity contribution in [1.29, 1.82) is 0 Å². The smallest absolute Gasteiger partial charge is 0.338 e. The van der Waals surface area contributed by atoms with Crippen LogP contribution in [0.3, 0.4) is 0 Å².